The monoisotopic (exact) mass is 403 g/mol. The summed E-state index contributed by atoms with van der Waals surface area (Å²) in [6.07, 6.45) is 3.82. The number of aromatic nitrogens is 2. The molecule has 2 rings (SSSR count). The third kappa shape index (κ3) is 4.92. The minimum absolute atomic E-state index is 0.242. The highest BCUT2D eigenvalue weighted by atomic mass is 31.2. The van der Waals surface area contributed by atoms with Gasteiger partial charge in [-0.25, -0.2) is 14.4 Å². The van der Waals surface area contributed by atoms with Gasteiger partial charge >= 0.3 is 19.4 Å². The fourth-order valence-electron chi connectivity index (χ4n) is 2.45. The molecule has 13 heteroatoms. The van der Waals surface area contributed by atoms with E-state index in [1.807, 2.05) is 10.1 Å². The van der Waals surface area contributed by atoms with Crippen molar-refractivity contribution >= 4 is 13.7 Å². The zero-order valence-electron chi connectivity index (χ0n) is 14.1. The lowest BCUT2D eigenvalue weighted by Crippen LogP contribution is -2.41. The number of aliphatic carboxylic acids is 1. The van der Waals surface area contributed by atoms with Crippen LogP contribution < -0.4 is 16.3 Å². The van der Waals surface area contributed by atoms with E-state index in [0.717, 1.165) is 23.8 Å². The van der Waals surface area contributed by atoms with E-state index in [4.69, 9.17) is 20.8 Å². The first-order valence-electron chi connectivity index (χ1n) is 7.62. The molecule has 1 aromatic rings. The Morgan fingerprint density at radius 3 is 2.89 bits per heavy atom. The van der Waals surface area contributed by atoms with Gasteiger partial charge in [-0.3, -0.25) is 23.7 Å². The van der Waals surface area contributed by atoms with Crippen LogP contribution in [-0.2, 0) is 18.6 Å². The predicted octanol–water partition coefficient (Wildman–Crippen LogP) is -1.63. The number of hydrogen-bond acceptors (Lipinski definition) is 7. The zero-order chi connectivity index (χ0) is 20.4. The molecule has 148 valence electrons. The van der Waals surface area contributed by atoms with Crippen molar-refractivity contribution in [1.82, 2.24) is 14.6 Å². The van der Waals surface area contributed by atoms with Crippen LogP contribution in [0.5, 0.6) is 0 Å². The van der Waals surface area contributed by atoms with Crippen molar-refractivity contribution < 1.29 is 33.7 Å². The number of H-pyrrole nitrogens is 1. The largest absolute Gasteiger partial charge is 0.480 e. The van der Waals surface area contributed by atoms with E-state index in [9.17, 15) is 28.9 Å². The highest BCUT2D eigenvalue weighted by molar-refractivity contribution is 7.50. The quantitative estimate of drug-likeness (QED) is 0.262. The molecule has 0 bridgehead atoms. The van der Waals surface area contributed by atoms with Crippen LogP contribution in [0, 0.1) is 12.3 Å². The highest BCUT2D eigenvalue weighted by Gasteiger charge is 2.48. The maximum atomic E-state index is 11.9. The molecule has 5 atom stereocenters. The maximum Gasteiger partial charge on any atom is 0.403 e. The lowest BCUT2D eigenvalue weighted by atomic mass is 9.99. The van der Waals surface area contributed by atoms with Gasteiger partial charge in [0.2, 0.25) is 0 Å². The van der Waals surface area contributed by atoms with Gasteiger partial charge in [0, 0.05) is 18.7 Å². The third-order valence-electron chi connectivity index (χ3n) is 3.79. The van der Waals surface area contributed by atoms with E-state index in [0.29, 0.717) is 0 Å². The Bertz CT molecular complexity index is 919. The number of carboxylic acids is 1. The van der Waals surface area contributed by atoms with Crippen LogP contribution in [0.4, 0.5) is 0 Å². The summed E-state index contributed by atoms with van der Waals surface area (Å²) in [4.78, 5) is 45.4. The second kappa shape index (κ2) is 7.77. The number of aromatic amines is 1. The molecule has 12 nitrogen and oxygen atoms in total. The van der Waals surface area contributed by atoms with Gasteiger partial charge in [0.15, 0.2) is 11.8 Å². The van der Waals surface area contributed by atoms with E-state index in [-0.39, 0.29) is 6.42 Å². The van der Waals surface area contributed by atoms with Crippen molar-refractivity contribution in [2.45, 2.75) is 37.3 Å². The first-order valence-corrected chi connectivity index (χ1v) is 9.20. The van der Waals surface area contributed by atoms with Crippen LogP contribution in [0.2, 0.25) is 0 Å². The van der Waals surface area contributed by atoms with Gasteiger partial charge in [0.25, 0.3) is 5.56 Å². The molecule has 1 aromatic heterocycles. The fourth-order valence-corrected chi connectivity index (χ4v) is 3.49. The van der Waals surface area contributed by atoms with Gasteiger partial charge in [-0.05, 0) is 6.92 Å². The average molecular weight is 403 g/mol. The average Bonchev–Trinajstić information content (AvgIpc) is 2.90. The summed E-state index contributed by atoms with van der Waals surface area (Å²) >= 11 is 0. The molecular formula is C14H18N3O9P. The first-order chi connectivity index (χ1) is 12.5. The van der Waals surface area contributed by atoms with Crippen LogP contribution in [0.25, 0.3) is 0 Å². The van der Waals surface area contributed by atoms with Gasteiger partial charge in [0.1, 0.15) is 6.04 Å². The summed E-state index contributed by atoms with van der Waals surface area (Å²) in [5.41, 5.74) is -3.47. The topological polar surface area (TPSA) is 180 Å². The summed E-state index contributed by atoms with van der Waals surface area (Å²) in [5.74, 6) is 0.746. The number of rotatable bonds is 7. The Morgan fingerprint density at radius 1 is 1.67 bits per heavy atom. The second-order valence-corrected chi connectivity index (χ2v) is 7.46. The molecule has 0 aromatic carbocycles. The van der Waals surface area contributed by atoms with Gasteiger partial charge < -0.3 is 19.8 Å². The molecular weight excluding hydrogens is 385 g/mol. The summed E-state index contributed by atoms with van der Waals surface area (Å²) < 4.78 is 23.0. The minimum Gasteiger partial charge on any atom is -0.480 e. The Hall–Kier alpha value is -2.26. The third-order valence-corrected chi connectivity index (χ3v) is 5.00. The molecule has 1 aliphatic heterocycles. The Labute approximate surface area is 152 Å². The summed E-state index contributed by atoms with van der Waals surface area (Å²) in [6.45, 7) is 0.627. The van der Waals surface area contributed by atoms with Crippen LogP contribution in [0.1, 0.15) is 19.6 Å². The standard InChI is InChI=1S/C14H18N3O9P/c1-3-14(22)6-9(7-25-27(23,24)16-8(2)11(19)20)26-12(14)17-5-4-10(18)15-13(17)21/h1,4-5,8-9,12,22H,6-7H2,2H3,(H,19,20)(H,15,18,21)(H2,16,23,24). The maximum absolute atomic E-state index is 11.9. The summed E-state index contributed by atoms with van der Waals surface area (Å²) in [7, 11) is -4.47. The molecule has 0 radical (unpaired) electrons. The number of carbonyl (C=O) groups is 1. The molecule has 5 unspecified atom stereocenters. The molecule has 1 fully saturated rings. The van der Waals surface area contributed by atoms with Crippen molar-refractivity contribution in [2.24, 2.45) is 0 Å². The fraction of sp³-hybridized carbons (Fsp3) is 0.500. The lowest BCUT2D eigenvalue weighted by molar-refractivity contribution is -0.138. The number of terminal acetylenes is 1. The van der Waals surface area contributed by atoms with Gasteiger partial charge in [0.05, 0.1) is 12.7 Å². The van der Waals surface area contributed by atoms with Crippen molar-refractivity contribution in [3.63, 3.8) is 0 Å². The first kappa shape index (κ1) is 21.0. The normalized spacial score (nSPS) is 28.2. The second-order valence-electron chi connectivity index (χ2n) is 5.91. The molecule has 0 spiro atoms. The number of hydrogen-bond donors (Lipinski definition) is 5. The van der Waals surface area contributed by atoms with Crippen LogP contribution in [0.3, 0.4) is 0 Å². The minimum atomic E-state index is -4.47. The number of aliphatic hydroxyl groups is 1. The molecule has 5 N–H and O–H groups in total. The van der Waals surface area contributed by atoms with Crippen molar-refractivity contribution in [3.05, 3.63) is 33.1 Å². The van der Waals surface area contributed by atoms with Crippen molar-refractivity contribution in [3.8, 4) is 12.3 Å². The molecule has 0 saturated carbocycles. The number of nitrogens with one attached hydrogen (secondary N) is 2. The van der Waals surface area contributed by atoms with Crippen LogP contribution in [-0.4, -0.2) is 55.0 Å². The van der Waals surface area contributed by atoms with Crippen molar-refractivity contribution in [2.75, 3.05) is 6.61 Å². The zero-order valence-corrected chi connectivity index (χ0v) is 15.0. The Balaban J connectivity index is 2.12. The number of ether oxygens (including phenoxy) is 1. The molecule has 1 saturated heterocycles. The molecule has 0 amide bonds. The van der Waals surface area contributed by atoms with Crippen molar-refractivity contribution in [1.29, 1.82) is 0 Å². The van der Waals surface area contributed by atoms with Gasteiger partial charge in [-0.1, -0.05) is 5.92 Å². The van der Waals surface area contributed by atoms with Gasteiger partial charge in [-0.2, -0.15) is 0 Å². The Kier molecular flexibility index (Phi) is 6.06. The van der Waals surface area contributed by atoms with E-state index in [2.05, 4.69) is 5.92 Å². The van der Waals surface area contributed by atoms with Crippen LogP contribution >= 0.6 is 7.75 Å². The Morgan fingerprint density at radius 2 is 2.33 bits per heavy atom. The number of carboxylic acid groups (broad SMARTS) is 1. The van der Waals surface area contributed by atoms with E-state index < -0.39 is 55.5 Å². The van der Waals surface area contributed by atoms with E-state index in [1.54, 1.807) is 0 Å². The van der Waals surface area contributed by atoms with E-state index >= 15 is 0 Å². The number of nitrogens with zero attached hydrogens (tertiary/aromatic N) is 1. The van der Waals surface area contributed by atoms with Gasteiger partial charge in [-0.15, -0.1) is 6.42 Å². The summed E-state index contributed by atoms with van der Waals surface area (Å²) in [6, 6.07) is -0.314. The smallest absolute Gasteiger partial charge is 0.403 e. The molecule has 2 heterocycles. The predicted molar refractivity (Wildman–Crippen MR) is 89.6 cm³/mol. The highest BCUT2D eigenvalue weighted by Crippen LogP contribution is 2.41. The molecule has 0 aliphatic carbocycles. The van der Waals surface area contributed by atoms with Crippen LogP contribution in [0.15, 0.2) is 21.9 Å². The summed E-state index contributed by atoms with van der Waals surface area (Å²) in [5, 5.41) is 21.2. The molecule has 27 heavy (non-hydrogen) atoms. The van der Waals surface area contributed by atoms with E-state index in [1.165, 1.54) is 0 Å². The lowest BCUT2D eigenvalue weighted by Gasteiger charge is -2.24. The SMILES string of the molecule is C#CC1(O)CC(COP(=O)(O)NC(C)C(=O)O)OC1n1ccc(=O)[nH]c1=O. The molecule has 1 aliphatic rings.